The Bertz CT molecular complexity index is 982. The number of para-hydroxylation sites is 1. The Balaban J connectivity index is 1.49. The first-order chi connectivity index (χ1) is 13.6. The van der Waals surface area contributed by atoms with Crippen LogP contribution >= 0.6 is 11.3 Å². The third-order valence-electron chi connectivity index (χ3n) is 4.78. The van der Waals surface area contributed by atoms with Crippen molar-refractivity contribution in [1.82, 2.24) is 9.88 Å². The normalized spacial score (nSPS) is 17.1. The quantitative estimate of drug-likeness (QED) is 0.598. The molecular weight excluding hydrogens is 374 g/mol. The zero-order valence-electron chi connectivity index (χ0n) is 15.8. The number of imide groups is 1. The number of benzene rings is 2. The van der Waals surface area contributed by atoms with Gasteiger partial charge in [0.15, 0.2) is 0 Å². The molecule has 1 saturated heterocycles. The van der Waals surface area contributed by atoms with Crippen LogP contribution in [0, 0.1) is 0 Å². The van der Waals surface area contributed by atoms with Crippen LogP contribution in [-0.4, -0.2) is 41.4 Å². The van der Waals surface area contributed by atoms with Gasteiger partial charge < -0.3 is 4.74 Å². The molecule has 0 aliphatic carbocycles. The minimum atomic E-state index is -0.480. The fourth-order valence-corrected chi connectivity index (χ4v) is 4.43. The lowest BCUT2D eigenvalue weighted by atomic mass is 10.2. The summed E-state index contributed by atoms with van der Waals surface area (Å²) < 4.78 is 6.55. The van der Waals surface area contributed by atoms with Crippen LogP contribution < -0.4 is 9.64 Å². The molecule has 28 heavy (non-hydrogen) atoms. The third-order valence-corrected chi connectivity index (χ3v) is 5.80. The molecule has 6 nitrogen and oxygen atoms in total. The first-order valence-electron chi connectivity index (χ1n) is 9.21. The van der Waals surface area contributed by atoms with E-state index in [0.29, 0.717) is 18.8 Å². The Morgan fingerprint density at radius 2 is 1.93 bits per heavy atom. The monoisotopic (exact) mass is 395 g/mol. The molecule has 1 unspecified atom stereocenters. The van der Waals surface area contributed by atoms with Crippen LogP contribution in [-0.2, 0) is 16.1 Å². The largest absolute Gasteiger partial charge is 0.494 e. The van der Waals surface area contributed by atoms with E-state index in [1.165, 1.54) is 4.90 Å². The molecule has 0 N–H and O–H groups in total. The fraction of sp³-hybridized carbons (Fsp3) is 0.286. The number of nitrogens with zero attached hydrogens (tertiary/aromatic N) is 3. The zero-order valence-corrected chi connectivity index (χ0v) is 16.6. The number of hydrogen-bond donors (Lipinski definition) is 0. The van der Waals surface area contributed by atoms with Crippen molar-refractivity contribution >= 4 is 39.1 Å². The van der Waals surface area contributed by atoms with Gasteiger partial charge in [0.1, 0.15) is 10.8 Å². The first kappa shape index (κ1) is 18.6. The number of aromatic nitrogens is 1. The molecule has 1 fully saturated rings. The van der Waals surface area contributed by atoms with Crippen molar-refractivity contribution in [3.63, 3.8) is 0 Å². The molecule has 1 aromatic heterocycles. The van der Waals surface area contributed by atoms with Crippen molar-refractivity contribution in [2.45, 2.75) is 25.9 Å². The molecule has 0 radical (unpaired) electrons. The summed E-state index contributed by atoms with van der Waals surface area (Å²) in [5.74, 6) is 0.336. The highest BCUT2D eigenvalue weighted by Crippen LogP contribution is 2.29. The second kappa shape index (κ2) is 7.69. The summed E-state index contributed by atoms with van der Waals surface area (Å²) in [5, 5.41) is 0.934. The first-order valence-corrected chi connectivity index (χ1v) is 10.0. The number of ether oxygens (including phenoxy) is 1. The number of carbonyl (C=O) groups excluding carboxylic acids is 2. The molecule has 144 valence electrons. The molecule has 1 aliphatic heterocycles. The number of likely N-dealkylation sites (N-methyl/N-ethyl adjacent to an activating group) is 1. The lowest BCUT2D eigenvalue weighted by Crippen LogP contribution is -2.39. The van der Waals surface area contributed by atoms with E-state index in [-0.39, 0.29) is 18.2 Å². The number of thiazole rings is 1. The highest BCUT2D eigenvalue weighted by atomic mass is 32.1. The highest BCUT2D eigenvalue weighted by Gasteiger charge is 2.41. The van der Waals surface area contributed by atoms with Gasteiger partial charge in [-0.05, 0) is 50.4 Å². The van der Waals surface area contributed by atoms with Crippen molar-refractivity contribution in [3.05, 3.63) is 53.5 Å². The maximum Gasteiger partial charge on any atom is 0.251 e. The average Bonchev–Trinajstić information content (AvgIpc) is 3.22. The summed E-state index contributed by atoms with van der Waals surface area (Å²) in [6.07, 6.45) is 0.174. The van der Waals surface area contributed by atoms with Crippen LogP contribution in [0.4, 0.5) is 5.69 Å². The standard InChI is InChI=1S/C21H21N3O3S/c1-3-27-15-10-8-14(9-11-15)24-20(25)12-17(21(24)26)23(2)13-19-22-16-6-4-5-7-18(16)28-19/h4-11,17H,3,12-13H2,1-2H3. The summed E-state index contributed by atoms with van der Waals surface area (Å²) in [7, 11) is 1.86. The highest BCUT2D eigenvalue weighted by molar-refractivity contribution is 7.18. The lowest BCUT2D eigenvalue weighted by Gasteiger charge is -2.22. The van der Waals surface area contributed by atoms with Crippen LogP contribution in [0.3, 0.4) is 0 Å². The van der Waals surface area contributed by atoms with Crippen LogP contribution in [0.1, 0.15) is 18.4 Å². The molecule has 2 aromatic carbocycles. The van der Waals surface area contributed by atoms with Gasteiger partial charge >= 0.3 is 0 Å². The smallest absolute Gasteiger partial charge is 0.251 e. The van der Waals surface area contributed by atoms with E-state index in [0.717, 1.165) is 21.0 Å². The number of hydrogen-bond acceptors (Lipinski definition) is 6. The minimum Gasteiger partial charge on any atom is -0.494 e. The van der Waals surface area contributed by atoms with Crippen molar-refractivity contribution in [2.75, 3.05) is 18.6 Å². The Kier molecular flexibility index (Phi) is 5.11. The predicted octanol–water partition coefficient (Wildman–Crippen LogP) is 3.46. The Morgan fingerprint density at radius 3 is 2.64 bits per heavy atom. The van der Waals surface area contributed by atoms with Gasteiger partial charge in [-0.25, -0.2) is 9.88 Å². The van der Waals surface area contributed by atoms with E-state index in [1.54, 1.807) is 35.6 Å². The maximum atomic E-state index is 12.9. The number of amides is 2. The molecule has 4 rings (SSSR count). The summed E-state index contributed by atoms with van der Waals surface area (Å²) in [6, 6.07) is 14.5. The van der Waals surface area contributed by atoms with Gasteiger partial charge in [-0.1, -0.05) is 12.1 Å². The topological polar surface area (TPSA) is 62.7 Å². The van der Waals surface area contributed by atoms with Gasteiger partial charge in [-0.2, -0.15) is 0 Å². The second-order valence-corrected chi connectivity index (χ2v) is 7.82. The second-order valence-electron chi connectivity index (χ2n) is 6.70. The molecule has 0 saturated carbocycles. The third kappa shape index (κ3) is 3.50. The van der Waals surface area contributed by atoms with E-state index in [9.17, 15) is 9.59 Å². The van der Waals surface area contributed by atoms with Crippen LogP contribution in [0.5, 0.6) is 5.75 Å². The van der Waals surface area contributed by atoms with Crippen LogP contribution in [0.2, 0.25) is 0 Å². The number of fused-ring (bicyclic) bond motifs is 1. The molecule has 2 amide bonds. The molecule has 0 spiro atoms. The molecule has 1 aliphatic rings. The Morgan fingerprint density at radius 1 is 1.18 bits per heavy atom. The van der Waals surface area contributed by atoms with E-state index in [2.05, 4.69) is 4.98 Å². The molecule has 1 atom stereocenters. The van der Waals surface area contributed by atoms with E-state index in [4.69, 9.17) is 4.74 Å². The van der Waals surface area contributed by atoms with E-state index >= 15 is 0 Å². The minimum absolute atomic E-state index is 0.174. The van der Waals surface area contributed by atoms with Gasteiger partial charge in [0.05, 0.1) is 41.5 Å². The van der Waals surface area contributed by atoms with E-state index in [1.807, 2.05) is 43.1 Å². The summed E-state index contributed by atoms with van der Waals surface area (Å²) in [5.41, 5.74) is 1.54. The Labute approximate surface area is 167 Å². The maximum absolute atomic E-state index is 12.9. The average molecular weight is 395 g/mol. The molecular formula is C21H21N3O3S. The number of anilines is 1. The molecule has 0 bridgehead atoms. The Hall–Kier alpha value is -2.77. The molecule has 7 heteroatoms. The van der Waals surface area contributed by atoms with Crippen LogP contribution in [0.25, 0.3) is 10.2 Å². The number of carbonyl (C=O) groups is 2. The summed E-state index contributed by atoms with van der Waals surface area (Å²) >= 11 is 1.61. The SMILES string of the molecule is CCOc1ccc(N2C(=O)CC(N(C)Cc3nc4ccccc4s3)C2=O)cc1. The zero-order chi connectivity index (χ0) is 19.7. The van der Waals surface area contributed by atoms with Gasteiger partial charge in [0, 0.05) is 0 Å². The van der Waals surface area contributed by atoms with Crippen molar-refractivity contribution in [3.8, 4) is 5.75 Å². The van der Waals surface area contributed by atoms with Gasteiger partial charge in [0.2, 0.25) is 5.91 Å². The van der Waals surface area contributed by atoms with Crippen molar-refractivity contribution in [1.29, 1.82) is 0 Å². The summed E-state index contributed by atoms with van der Waals surface area (Å²) in [4.78, 5) is 33.3. The van der Waals surface area contributed by atoms with Crippen molar-refractivity contribution in [2.24, 2.45) is 0 Å². The number of rotatable bonds is 6. The van der Waals surface area contributed by atoms with Gasteiger partial charge in [0.25, 0.3) is 5.91 Å². The van der Waals surface area contributed by atoms with Crippen molar-refractivity contribution < 1.29 is 14.3 Å². The van der Waals surface area contributed by atoms with Gasteiger partial charge in [-0.15, -0.1) is 11.3 Å². The molecule has 3 aromatic rings. The summed E-state index contributed by atoms with van der Waals surface area (Å²) in [6.45, 7) is 3.01. The predicted molar refractivity (Wildman–Crippen MR) is 110 cm³/mol. The molecule has 2 heterocycles. The fourth-order valence-electron chi connectivity index (χ4n) is 3.40. The van der Waals surface area contributed by atoms with Crippen LogP contribution in [0.15, 0.2) is 48.5 Å². The lowest BCUT2D eigenvalue weighted by molar-refractivity contribution is -0.122. The van der Waals surface area contributed by atoms with Gasteiger partial charge in [-0.3, -0.25) is 14.5 Å². The van der Waals surface area contributed by atoms with E-state index < -0.39 is 6.04 Å².